The van der Waals surface area contributed by atoms with Gasteiger partial charge in [-0.25, -0.2) is 4.79 Å². The number of halogens is 3. The SMILES string of the molecule is CSc1ccc(CNC2CCCCC2NC(=O)CNC(=O)c2cc(C(F)(F)F)ccc2NC(=O)NC2COCCN2)cc1. The second-order valence-corrected chi connectivity index (χ2v) is 11.3. The molecule has 3 unspecified atom stereocenters. The Bertz CT molecular complexity index is 1260. The van der Waals surface area contributed by atoms with Gasteiger partial charge in [-0.05, 0) is 55.0 Å². The first-order chi connectivity index (χ1) is 20.6. The van der Waals surface area contributed by atoms with E-state index in [1.54, 1.807) is 11.8 Å². The van der Waals surface area contributed by atoms with Crippen molar-refractivity contribution in [3.63, 3.8) is 0 Å². The minimum Gasteiger partial charge on any atom is -0.377 e. The van der Waals surface area contributed by atoms with Gasteiger partial charge in [-0.15, -0.1) is 11.8 Å². The van der Waals surface area contributed by atoms with E-state index in [1.165, 1.54) is 4.90 Å². The van der Waals surface area contributed by atoms with E-state index in [1.807, 2.05) is 6.26 Å². The molecule has 1 heterocycles. The van der Waals surface area contributed by atoms with E-state index < -0.39 is 47.9 Å². The van der Waals surface area contributed by atoms with Crippen molar-refractivity contribution in [1.82, 2.24) is 26.6 Å². The molecule has 2 aromatic carbocycles. The second-order valence-electron chi connectivity index (χ2n) is 10.4. The van der Waals surface area contributed by atoms with Crippen LogP contribution in [0.1, 0.15) is 47.2 Å². The summed E-state index contributed by atoms with van der Waals surface area (Å²) in [6, 6.07) is 9.83. The van der Waals surface area contributed by atoms with Gasteiger partial charge in [0.15, 0.2) is 0 Å². The molecule has 4 amide bonds. The van der Waals surface area contributed by atoms with Crippen LogP contribution in [-0.2, 0) is 22.3 Å². The van der Waals surface area contributed by atoms with E-state index in [2.05, 4.69) is 56.2 Å². The van der Waals surface area contributed by atoms with Crippen LogP contribution >= 0.6 is 11.8 Å². The molecule has 4 rings (SSSR count). The maximum Gasteiger partial charge on any atom is 0.416 e. The van der Waals surface area contributed by atoms with Gasteiger partial charge in [-0.1, -0.05) is 25.0 Å². The van der Waals surface area contributed by atoms with Crippen molar-refractivity contribution in [1.29, 1.82) is 0 Å². The number of hydrogen-bond donors (Lipinski definition) is 6. The predicted molar refractivity (Wildman–Crippen MR) is 158 cm³/mol. The molecule has 2 aliphatic rings. The highest BCUT2D eigenvalue weighted by atomic mass is 32.2. The summed E-state index contributed by atoms with van der Waals surface area (Å²) in [5, 5.41) is 16.9. The van der Waals surface area contributed by atoms with Gasteiger partial charge in [0.1, 0.15) is 6.17 Å². The van der Waals surface area contributed by atoms with E-state index in [0.717, 1.165) is 43.4 Å². The monoisotopic (exact) mass is 622 g/mol. The van der Waals surface area contributed by atoms with Crippen LogP contribution in [0, 0.1) is 0 Å². The molecule has 1 saturated heterocycles. The van der Waals surface area contributed by atoms with Crippen LogP contribution in [0.15, 0.2) is 47.4 Å². The fourth-order valence-electron chi connectivity index (χ4n) is 5.05. The van der Waals surface area contributed by atoms with Crippen LogP contribution < -0.4 is 31.9 Å². The fourth-order valence-corrected chi connectivity index (χ4v) is 5.45. The number of anilines is 1. The van der Waals surface area contributed by atoms with Crippen LogP contribution in [0.2, 0.25) is 0 Å². The van der Waals surface area contributed by atoms with Crippen molar-refractivity contribution in [3.8, 4) is 0 Å². The highest BCUT2D eigenvalue weighted by Crippen LogP contribution is 2.32. The lowest BCUT2D eigenvalue weighted by molar-refractivity contribution is -0.137. The summed E-state index contributed by atoms with van der Waals surface area (Å²) >= 11 is 1.67. The summed E-state index contributed by atoms with van der Waals surface area (Å²) in [5.74, 6) is -1.39. The van der Waals surface area contributed by atoms with Crippen LogP contribution in [-0.4, -0.2) is 68.7 Å². The van der Waals surface area contributed by atoms with Crippen molar-refractivity contribution in [2.75, 3.05) is 37.9 Å². The maximum atomic E-state index is 13.4. The van der Waals surface area contributed by atoms with E-state index in [0.29, 0.717) is 25.8 Å². The number of rotatable bonds is 10. The molecule has 1 aliphatic heterocycles. The number of ether oxygens (including phenoxy) is 1. The fraction of sp³-hybridized carbons (Fsp3) is 0.483. The number of nitrogens with one attached hydrogen (secondary N) is 6. The predicted octanol–water partition coefficient (Wildman–Crippen LogP) is 3.44. The summed E-state index contributed by atoms with van der Waals surface area (Å²) in [5.41, 5.74) is -0.490. The Hall–Kier alpha value is -3.33. The number of morpholine rings is 1. The Morgan fingerprint density at radius 3 is 2.44 bits per heavy atom. The van der Waals surface area contributed by atoms with E-state index >= 15 is 0 Å². The van der Waals surface area contributed by atoms with Gasteiger partial charge in [-0.3, -0.25) is 14.9 Å². The maximum absolute atomic E-state index is 13.4. The summed E-state index contributed by atoms with van der Waals surface area (Å²) in [4.78, 5) is 39.5. The van der Waals surface area contributed by atoms with Crippen molar-refractivity contribution >= 4 is 35.3 Å². The first-order valence-electron chi connectivity index (χ1n) is 14.2. The first-order valence-corrected chi connectivity index (χ1v) is 15.4. The standard InChI is InChI=1S/C29H37F3N6O4S/c1-43-20-9-6-18(7-10-20)15-34-23-4-2-3-5-24(23)36-26(39)16-35-27(40)21-14-19(29(30,31)32)8-11-22(21)37-28(41)38-25-17-42-13-12-33-25/h6-11,14,23-25,33-34H,2-5,12-13,15-17H2,1H3,(H,35,40)(H,36,39)(H2,37,38,41). The zero-order chi connectivity index (χ0) is 30.8. The van der Waals surface area contributed by atoms with E-state index in [4.69, 9.17) is 4.74 Å². The summed E-state index contributed by atoms with van der Waals surface area (Å²) in [6.07, 6.45) is 0.423. The number of alkyl halides is 3. The van der Waals surface area contributed by atoms with Gasteiger partial charge in [0.2, 0.25) is 5.91 Å². The van der Waals surface area contributed by atoms with Crippen molar-refractivity contribution in [2.24, 2.45) is 0 Å². The van der Waals surface area contributed by atoms with Crippen LogP contribution in [0.3, 0.4) is 0 Å². The second kappa shape index (κ2) is 15.4. The van der Waals surface area contributed by atoms with Crippen molar-refractivity contribution in [2.45, 2.75) is 61.5 Å². The van der Waals surface area contributed by atoms with Crippen LogP contribution in [0.25, 0.3) is 0 Å². The Kier molecular flexibility index (Phi) is 11.7. The molecule has 43 heavy (non-hydrogen) atoms. The third kappa shape index (κ3) is 9.85. The molecule has 1 aliphatic carbocycles. The van der Waals surface area contributed by atoms with Gasteiger partial charge in [0.25, 0.3) is 5.91 Å². The van der Waals surface area contributed by atoms with Crippen LogP contribution in [0.4, 0.5) is 23.7 Å². The molecule has 0 radical (unpaired) electrons. The topological polar surface area (TPSA) is 133 Å². The molecule has 0 spiro atoms. The number of carbonyl (C=O) groups is 3. The number of amides is 4. The van der Waals surface area contributed by atoms with E-state index in [-0.39, 0.29) is 24.4 Å². The minimum atomic E-state index is -4.71. The third-order valence-corrected chi connectivity index (χ3v) is 8.06. The highest BCUT2D eigenvalue weighted by molar-refractivity contribution is 7.98. The van der Waals surface area contributed by atoms with Gasteiger partial charge >= 0.3 is 12.2 Å². The van der Waals surface area contributed by atoms with E-state index in [9.17, 15) is 27.6 Å². The summed E-state index contributed by atoms with van der Waals surface area (Å²) < 4.78 is 45.5. The normalized spacial score (nSPS) is 20.6. The number of hydrogen-bond acceptors (Lipinski definition) is 7. The lowest BCUT2D eigenvalue weighted by atomic mass is 9.90. The highest BCUT2D eigenvalue weighted by Gasteiger charge is 2.32. The number of benzene rings is 2. The molecule has 6 N–H and O–H groups in total. The molecule has 1 saturated carbocycles. The molecule has 0 bridgehead atoms. The quantitative estimate of drug-likeness (QED) is 0.224. The largest absolute Gasteiger partial charge is 0.416 e. The molecule has 0 aromatic heterocycles. The van der Waals surface area contributed by atoms with Gasteiger partial charge < -0.3 is 31.3 Å². The number of urea groups is 1. The summed E-state index contributed by atoms with van der Waals surface area (Å²) in [6.45, 7) is 1.42. The van der Waals surface area contributed by atoms with Gasteiger partial charge in [0, 0.05) is 30.1 Å². The zero-order valence-electron chi connectivity index (χ0n) is 23.8. The Morgan fingerprint density at radius 1 is 1.02 bits per heavy atom. The third-order valence-electron chi connectivity index (χ3n) is 7.32. The van der Waals surface area contributed by atoms with Crippen molar-refractivity contribution < 1.29 is 32.3 Å². The molecule has 2 aromatic rings. The first kappa shape index (κ1) is 32.6. The number of thioether (sulfide) groups is 1. The molecule has 2 fully saturated rings. The average Bonchev–Trinajstić information content (AvgIpc) is 3.00. The van der Waals surface area contributed by atoms with Crippen molar-refractivity contribution in [3.05, 3.63) is 59.2 Å². The minimum absolute atomic E-state index is 0.0375. The lowest BCUT2D eigenvalue weighted by Gasteiger charge is -2.33. The Labute approximate surface area is 252 Å². The molecule has 10 nitrogen and oxygen atoms in total. The smallest absolute Gasteiger partial charge is 0.377 e. The molecular formula is C29H37F3N6O4S. The van der Waals surface area contributed by atoms with Gasteiger partial charge in [0.05, 0.1) is 36.6 Å². The lowest BCUT2D eigenvalue weighted by Crippen LogP contribution is -2.53. The van der Waals surface area contributed by atoms with Crippen LogP contribution in [0.5, 0.6) is 0 Å². The summed E-state index contributed by atoms with van der Waals surface area (Å²) in [7, 11) is 0. The molecular weight excluding hydrogens is 585 g/mol. The number of carbonyl (C=O) groups excluding carboxylic acids is 3. The Morgan fingerprint density at radius 2 is 1.77 bits per heavy atom. The average molecular weight is 623 g/mol. The Balaban J connectivity index is 1.34. The molecule has 3 atom stereocenters. The molecule has 234 valence electrons. The zero-order valence-corrected chi connectivity index (χ0v) is 24.6. The van der Waals surface area contributed by atoms with Gasteiger partial charge in [-0.2, -0.15) is 13.2 Å². The molecule has 14 heteroatoms.